The van der Waals surface area contributed by atoms with Gasteiger partial charge in [-0.2, -0.15) is 0 Å². The van der Waals surface area contributed by atoms with Gasteiger partial charge in [-0.15, -0.1) is 0 Å². The number of Topliss-reactive ketones (excluding diaryl/α,β-unsaturated/α-hetero) is 1. The van der Waals surface area contributed by atoms with Gasteiger partial charge in [0.25, 0.3) is 0 Å². The lowest BCUT2D eigenvalue weighted by molar-refractivity contribution is -0.285. The average Bonchev–Trinajstić information content (AvgIpc) is 3.41. The van der Waals surface area contributed by atoms with Crippen molar-refractivity contribution >= 4 is 17.5 Å². The van der Waals surface area contributed by atoms with E-state index in [1.807, 2.05) is 0 Å². The summed E-state index contributed by atoms with van der Waals surface area (Å²) in [5.41, 5.74) is -2.27. The summed E-state index contributed by atoms with van der Waals surface area (Å²) in [7, 11) is 0. The molecule has 6 aliphatic rings. The molecule has 2 aliphatic heterocycles. The van der Waals surface area contributed by atoms with Crippen LogP contribution in [-0.2, 0) is 33.3 Å². The molecule has 2 saturated heterocycles. The van der Waals surface area contributed by atoms with Crippen LogP contribution >= 0.6 is 0 Å². The molecule has 6 rings (SSSR count). The molecule has 5 fully saturated rings. The predicted molar refractivity (Wildman–Crippen MR) is 116 cm³/mol. The molecule has 0 unspecified atom stereocenters. The number of carbonyl (C=O) groups excluding carboxylic acids is 3. The van der Waals surface area contributed by atoms with Crippen LogP contribution in [-0.4, -0.2) is 60.0 Å². The fraction of sp³-hybridized carbons (Fsp3) is 0.808. The first kappa shape index (κ1) is 22.8. The zero-order valence-electron chi connectivity index (χ0n) is 20.3. The number of esters is 1. The molecule has 8 atom stereocenters. The van der Waals surface area contributed by atoms with E-state index >= 15 is 4.39 Å². The second-order valence-electron chi connectivity index (χ2n) is 12.1. The Kier molecular flexibility index (Phi) is 4.54. The topological polar surface area (TPSA) is 91.4 Å². The van der Waals surface area contributed by atoms with Gasteiger partial charge in [-0.1, -0.05) is 13.8 Å². The Balaban J connectivity index is 1.42. The summed E-state index contributed by atoms with van der Waals surface area (Å²) >= 11 is 0. The van der Waals surface area contributed by atoms with Crippen molar-refractivity contribution < 1.29 is 37.7 Å². The van der Waals surface area contributed by atoms with Gasteiger partial charge >= 0.3 is 5.97 Å². The van der Waals surface area contributed by atoms with Crippen molar-refractivity contribution in [2.45, 2.75) is 95.5 Å². The van der Waals surface area contributed by atoms with Crippen LogP contribution < -0.4 is 0 Å². The highest BCUT2D eigenvalue weighted by atomic mass is 19.1. The molecule has 3 saturated carbocycles. The van der Waals surface area contributed by atoms with Crippen LogP contribution in [0, 0.1) is 22.7 Å². The van der Waals surface area contributed by atoms with Gasteiger partial charge < -0.3 is 18.9 Å². The summed E-state index contributed by atoms with van der Waals surface area (Å²) < 4.78 is 39.7. The van der Waals surface area contributed by atoms with Crippen LogP contribution in [0.4, 0.5) is 4.39 Å². The normalized spacial score (nSPS) is 51.7. The van der Waals surface area contributed by atoms with E-state index in [4.69, 9.17) is 18.9 Å². The minimum absolute atomic E-state index is 0.00305. The Morgan fingerprint density at radius 1 is 1.03 bits per heavy atom. The standard InChI is InChI=1S/C26H33FO7/c1-22(2)32-13-21(30)31-12-19(29)25(34-22)8-6-15-16-10-18(27)17-9-14(28)5-7-23(17,3)26(16)20(33-26)11-24(15,25)4/h9,15-16,18,20H,5-8,10-13H2,1-4H3/t15-,16-,18-,20-,23-,24-,25-,26+/m0/s1. The van der Waals surface area contributed by atoms with E-state index in [9.17, 15) is 14.4 Å². The number of carbonyl (C=O) groups is 3. The molecule has 0 N–H and O–H groups in total. The molecule has 8 heteroatoms. The third kappa shape index (κ3) is 2.65. The summed E-state index contributed by atoms with van der Waals surface area (Å²) in [6.45, 7) is 6.91. The monoisotopic (exact) mass is 476 g/mol. The zero-order valence-corrected chi connectivity index (χ0v) is 20.3. The van der Waals surface area contributed by atoms with Crippen LogP contribution in [0.25, 0.3) is 0 Å². The van der Waals surface area contributed by atoms with Gasteiger partial charge in [0.15, 0.2) is 18.2 Å². The number of hydrogen-bond donors (Lipinski definition) is 0. The van der Waals surface area contributed by atoms with Crippen molar-refractivity contribution in [3.05, 3.63) is 11.6 Å². The van der Waals surface area contributed by atoms with Gasteiger partial charge in [0.1, 0.15) is 24.0 Å². The molecular formula is C26H33FO7. The molecule has 0 amide bonds. The lowest BCUT2D eigenvalue weighted by Gasteiger charge is -2.58. The fourth-order valence-electron chi connectivity index (χ4n) is 8.66. The van der Waals surface area contributed by atoms with Gasteiger partial charge in [0.05, 0.1) is 6.10 Å². The van der Waals surface area contributed by atoms with E-state index in [0.29, 0.717) is 37.7 Å². The van der Waals surface area contributed by atoms with E-state index in [-0.39, 0.29) is 49.1 Å². The summed E-state index contributed by atoms with van der Waals surface area (Å²) in [5.74, 6) is -2.13. The summed E-state index contributed by atoms with van der Waals surface area (Å²) in [4.78, 5) is 37.8. The minimum atomic E-state index is -1.21. The quantitative estimate of drug-likeness (QED) is 0.392. The summed E-state index contributed by atoms with van der Waals surface area (Å²) in [5, 5.41) is 0. The molecular weight excluding hydrogens is 443 g/mol. The van der Waals surface area contributed by atoms with Crippen molar-refractivity contribution in [3.63, 3.8) is 0 Å². The molecule has 34 heavy (non-hydrogen) atoms. The summed E-state index contributed by atoms with van der Waals surface area (Å²) in [6, 6.07) is 0. The fourth-order valence-corrected chi connectivity index (χ4v) is 8.66. The number of cyclic esters (lactones) is 1. The van der Waals surface area contributed by atoms with Gasteiger partial charge in [-0.05, 0) is 69.4 Å². The zero-order chi connectivity index (χ0) is 24.3. The Hall–Kier alpha value is -1.64. The molecule has 2 heterocycles. The first-order valence-corrected chi connectivity index (χ1v) is 12.5. The van der Waals surface area contributed by atoms with E-state index in [0.717, 1.165) is 0 Å². The van der Waals surface area contributed by atoms with E-state index in [2.05, 4.69) is 13.8 Å². The van der Waals surface area contributed by atoms with Crippen molar-refractivity contribution in [2.24, 2.45) is 22.7 Å². The van der Waals surface area contributed by atoms with Crippen LogP contribution in [0.15, 0.2) is 11.6 Å². The number of rotatable bonds is 0. The number of fused-ring (bicyclic) bond motifs is 4. The molecule has 7 nitrogen and oxygen atoms in total. The average molecular weight is 477 g/mol. The van der Waals surface area contributed by atoms with Gasteiger partial charge in [-0.25, -0.2) is 9.18 Å². The van der Waals surface area contributed by atoms with Crippen LogP contribution in [0.3, 0.4) is 0 Å². The highest BCUT2D eigenvalue weighted by Gasteiger charge is 2.83. The molecule has 0 aromatic carbocycles. The maximum Gasteiger partial charge on any atom is 0.332 e. The van der Waals surface area contributed by atoms with Crippen LogP contribution in [0.5, 0.6) is 0 Å². The third-order valence-corrected chi connectivity index (χ3v) is 10.2. The second-order valence-corrected chi connectivity index (χ2v) is 12.1. The van der Waals surface area contributed by atoms with E-state index in [1.54, 1.807) is 13.8 Å². The van der Waals surface area contributed by atoms with Crippen molar-refractivity contribution in [1.29, 1.82) is 0 Å². The lowest BCUT2D eigenvalue weighted by Crippen LogP contribution is -2.65. The largest absolute Gasteiger partial charge is 0.456 e. The highest BCUT2D eigenvalue weighted by Crippen LogP contribution is 2.77. The van der Waals surface area contributed by atoms with Gasteiger partial charge in [0, 0.05) is 17.3 Å². The number of hydrogen-bond acceptors (Lipinski definition) is 7. The van der Waals surface area contributed by atoms with Gasteiger partial charge in [-0.3, -0.25) is 9.59 Å². The SMILES string of the molecule is CC1(C)OCC(=O)OCC(=O)[C@]2(CC[C@H]3[C@@H]4C[C@H](F)C5=CC(=O)CC[C@]5(C)[C@@]45O[C@H]5C[C@@]32C)O1. The Bertz CT molecular complexity index is 1020. The third-order valence-electron chi connectivity index (χ3n) is 10.2. The molecule has 0 aromatic rings. The van der Waals surface area contributed by atoms with Crippen molar-refractivity contribution in [1.82, 2.24) is 0 Å². The smallest absolute Gasteiger partial charge is 0.332 e. The number of halogens is 1. The molecule has 0 bridgehead atoms. The lowest BCUT2D eigenvalue weighted by atomic mass is 9.45. The molecule has 186 valence electrons. The van der Waals surface area contributed by atoms with E-state index in [1.165, 1.54) is 6.08 Å². The van der Waals surface area contributed by atoms with Crippen molar-refractivity contribution in [3.8, 4) is 0 Å². The second kappa shape index (κ2) is 6.77. The van der Waals surface area contributed by atoms with Gasteiger partial charge in [0.2, 0.25) is 5.78 Å². The number of epoxide rings is 1. The maximum atomic E-state index is 15.7. The molecule has 2 spiro atoms. The Labute approximate surface area is 198 Å². The number of ketones is 2. The van der Waals surface area contributed by atoms with E-state index < -0.39 is 40.0 Å². The highest BCUT2D eigenvalue weighted by molar-refractivity contribution is 5.92. The Morgan fingerprint density at radius 3 is 2.56 bits per heavy atom. The van der Waals surface area contributed by atoms with Crippen molar-refractivity contribution in [2.75, 3.05) is 13.2 Å². The molecule has 0 aromatic heterocycles. The predicted octanol–water partition coefficient (Wildman–Crippen LogP) is 3.23. The number of ether oxygens (including phenoxy) is 4. The first-order chi connectivity index (χ1) is 15.9. The van der Waals surface area contributed by atoms with Crippen LogP contribution in [0.2, 0.25) is 0 Å². The molecule has 4 aliphatic carbocycles. The van der Waals surface area contributed by atoms with Crippen LogP contribution in [0.1, 0.15) is 66.2 Å². The number of alkyl halides is 1. The maximum absolute atomic E-state index is 15.7. The summed E-state index contributed by atoms with van der Waals surface area (Å²) in [6.07, 6.45) is 3.21. The Morgan fingerprint density at radius 2 is 1.79 bits per heavy atom. The first-order valence-electron chi connectivity index (χ1n) is 12.5. The molecule has 0 radical (unpaired) electrons. The minimum Gasteiger partial charge on any atom is -0.456 e.